The topological polar surface area (TPSA) is 70.2 Å². The molecule has 0 radical (unpaired) electrons. The van der Waals surface area contributed by atoms with Crippen molar-refractivity contribution >= 4 is 63.7 Å². The zero-order valence-electron chi connectivity index (χ0n) is 15.1. The monoisotopic (exact) mass is 427 g/mol. The second-order valence-corrected chi connectivity index (χ2v) is 8.15. The molecule has 0 bridgehead atoms. The van der Waals surface area contributed by atoms with E-state index in [-0.39, 0.29) is 18.4 Å². The van der Waals surface area contributed by atoms with Gasteiger partial charge in [-0.05, 0) is 30.3 Å². The van der Waals surface area contributed by atoms with Crippen molar-refractivity contribution in [3.05, 3.63) is 51.5 Å². The van der Waals surface area contributed by atoms with E-state index in [0.717, 1.165) is 0 Å². The fourth-order valence-electron chi connectivity index (χ4n) is 2.03. The molecule has 0 saturated heterocycles. The molecule has 2 rings (SSSR count). The molecule has 144 valence electrons. The molecule has 8 heteroatoms. The maximum absolute atomic E-state index is 12.2. The Hall–Kier alpha value is -1.95. The smallest absolute Gasteiger partial charge is 0.243 e. The Kier molecular flexibility index (Phi) is 6.98. The zero-order chi connectivity index (χ0) is 20.2. The van der Waals surface area contributed by atoms with Gasteiger partial charge in [0.25, 0.3) is 0 Å². The van der Waals surface area contributed by atoms with Gasteiger partial charge in [-0.25, -0.2) is 0 Å². The summed E-state index contributed by atoms with van der Waals surface area (Å²) >= 11 is 17.9. The van der Waals surface area contributed by atoms with Gasteiger partial charge in [0.2, 0.25) is 11.8 Å². The van der Waals surface area contributed by atoms with E-state index in [0.29, 0.717) is 32.1 Å². The number of carbonyl (C=O) groups excluding carboxylic acids is 2. The summed E-state index contributed by atoms with van der Waals surface area (Å²) in [7, 11) is 0. The van der Waals surface area contributed by atoms with Crippen molar-refractivity contribution < 1.29 is 9.59 Å². The number of hydrogen-bond acceptors (Lipinski definition) is 3. The van der Waals surface area contributed by atoms with Crippen molar-refractivity contribution in [3.8, 4) is 0 Å². The summed E-state index contributed by atoms with van der Waals surface area (Å²) in [6.07, 6.45) is 0. The summed E-state index contributed by atoms with van der Waals surface area (Å²) in [5.74, 6) is -0.390. The number of benzene rings is 2. The first kappa shape index (κ1) is 21.4. The second-order valence-electron chi connectivity index (χ2n) is 6.93. The van der Waals surface area contributed by atoms with Crippen LogP contribution in [0.3, 0.4) is 0 Å². The van der Waals surface area contributed by atoms with Crippen LogP contribution in [-0.4, -0.2) is 18.4 Å². The average molecular weight is 429 g/mol. The molecule has 2 aromatic carbocycles. The highest BCUT2D eigenvalue weighted by Gasteiger charge is 2.21. The highest BCUT2D eigenvalue weighted by atomic mass is 35.5. The van der Waals surface area contributed by atoms with Gasteiger partial charge in [0.15, 0.2) is 0 Å². The van der Waals surface area contributed by atoms with E-state index in [1.807, 2.05) is 20.8 Å². The summed E-state index contributed by atoms with van der Waals surface area (Å²) in [6, 6.07) is 9.99. The van der Waals surface area contributed by atoms with E-state index >= 15 is 0 Å². The van der Waals surface area contributed by atoms with E-state index in [1.54, 1.807) is 30.3 Å². The van der Waals surface area contributed by atoms with Gasteiger partial charge in [0.05, 0.1) is 27.3 Å². The van der Waals surface area contributed by atoms with Crippen molar-refractivity contribution in [2.24, 2.45) is 5.41 Å². The summed E-state index contributed by atoms with van der Waals surface area (Å²) in [5, 5.41) is 9.53. The molecule has 0 saturated carbocycles. The van der Waals surface area contributed by atoms with Crippen LogP contribution in [0.25, 0.3) is 0 Å². The van der Waals surface area contributed by atoms with Gasteiger partial charge in [-0.2, -0.15) is 0 Å². The molecule has 5 nitrogen and oxygen atoms in total. The van der Waals surface area contributed by atoms with Crippen LogP contribution in [0, 0.1) is 5.41 Å². The minimum atomic E-state index is -0.512. The highest BCUT2D eigenvalue weighted by Crippen LogP contribution is 2.32. The lowest BCUT2D eigenvalue weighted by Gasteiger charge is -2.18. The van der Waals surface area contributed by atoms with Crippen LogP contribution in [0.5, 0.6) is 0 Å². The highest BCUT2D eigenvalue weighted by molar-refractivity contribution is 6.44. The van der Waals surface area contributed by atoms with Gasteiger partial charge in [0.1, 0.15) is 0 Å². The van der Waals surface area contributed by atoms with Crippen LogP contribution in [0.2, 0.25) is 15.1 Å². The molecular weight excluding hydrogens is 409 g/mol. The summed E-state index contributed by atoms with van der Waals surface area (Å²) in [6.45, 7) is 5.46. The number of nitrogens with one attached hydrogen (secondary N) is 3. The van der Waals surface area contributed by atoms with E-state index in [2.05, 4.69) is 16.0 Å². The minimum Gasteiger partial charge on any atom is -0.375 e. The normalized spacial score (nSPS) is 11.0. The number of hydrogen-bond donors (Lipinski definition) is 3. The average Bonchev–Trinajstić information content (AvgIpc) is 2.56. The fraction of sp³-hybridized carbons (Fsp3) is 0.263. The molecule has 0 aromatic heterocycles. The number of amides is 2. The van der Waals surface area contributed by atoms with Gasteiger partial charge in [0, 0.05) is 16.8 Å². The second kappa shape index (κ2) is 8.83. The standard InChI is InChI=1S/C19H20Cl3N3O2/c1-19(2,3)18(27)25-12-6-4-5-11(7-12)24-17(26)10-23-16-9-14(21)13(20)8-15(16)22/h4-9,23H,10H2,1-3H3,(H,24,26)(H,25,27). The van der Waals surface area contributed by atoms with Gasteiger partial charge in [-0.1, -0.05) is 61.6 Å². The fourth-order valence-corrected chi connectivity index (χ4v) is 2.65. The van der Waals surface area contributed by atoms with Crippen molar-refractivity contribution in [1.82, 2.24) is 0 Å². The third-order valence-electron chi connectivity index (χ3n) is 3.53. The molecular formula is C19H20Cl3N3O2. The lowest BCUT2D eigenvalue weighted by molar-refractivity contribution is -0.123. The summed E-state index contributed by atoms with van der Waals surface area (Å²) in [5.41, 5.74) is 1.16. The lowest BCUT2D eigenvalue weighted by Crippen LogP contribution is -2.27. The first-order valence-corrected chi connectivity index (χ1v) is 9.29. The van der Waals surface area contributed by atoms with Crippen LogP contribution in [0.15, 0.2) is 36.4 Å². The third kappa shape index (κ3) is 6.31. The predicted molar refractivity (Wildman–Crippen MR) is 113 cm³/mol. The molecule has 0 atom stereocenters. The Labute approximate surface area is 173 Å². The maximum atomic E-state index is 12.2. The molecule has 27 heavy (non-hydrogen) atoms. The number of anilines is 3. The first-order valence-electron chi connectivity index (χ1n) is 8.16. The Bertz CT molecular complexity index is 864. The van der Waals surface area contributed by atoms with Crippen LogP contribution in [-0.2, 0) is 9.59 Å². The van der Waals surface area contributed by atoms with Crippen LogP contribution in [0.4, 0.5) is 17.1 Å². The van der Waals surface area contributed by atoms with E-state index in [1.165, 1.54) is 6.07 Å². The summed E-state index contributed by atoms with van der Waals surface area (Å²) < 4.78 is 0. The SMILES string of the molecule is CC(C)(C)C(=O)Nc1cccc(NC(=O)CNc2cc(Cl)c(Cl)cc2Cl)c1. The largest absolute Gasteiger partial charge is 0.375 e. The van der Waals surface area contributed by atoms with Crippen LogP contribution >= 0.6 is 34.8 Å². The molecule has 0 spiro atoms. The Morgan fingerprint density at radius 2 is 1.48 bits per heavy atom. The molecule has 0 aliphatic heterocycles. The van der Waals surface area contributed by atoms with Crippen LogP contribution in [0.1, 0.15) is 20.8 Å². The maximum Gasteiger partial charge on any atom is 0.243 e. The predicted octanol–water partition coefficient (Wildman–Crippen LogP) is 5.68. The number of carbonyl (C=O) groups is 2. The Balaban J connectivity index is 1.97. The molecule has 0 aliphatic carbocycles. The molecule has 0 fully saturated rings. The van der Waals surface area contributed by atoms with Crippen molar-refractivity contribution in [3.63, 3.8) is 0 Å². The van der Waals surface area contributed by atoms with Crippen molar-refractivity contribution in [1.29, 1.82) is 0 Å². The molecule has 3 N–H and O–H groups in total. The Morgan fingerprint density at radius 3 is 2.11 bits per heavy atom. The van der Waals surface area contributed by atoms with E-state index in [4.69, 9.17) is 34.8 Å². The van der Waals surface area contributed by atoms with Gasteiger partial charge >= 0.3 is 0 Å². The van der Waals surface area contributed by atoms with Gasteiger partial charge < -0.3 is 16.0 Å². The molecule has 0 aliphatic rings. The van der Waals surface area contributed by atoms with Crippen molar-refractivity contribution in [2.45, 2.75) is 20.8 Å². The Morgan fingerprint density at radius 1 is 0.889 bits per heavy atom. The van der Waals surface area contributed by atoms with Crippen LogP contribution < -0.4 is 16.0 Å². The third-order valence-corrected chi connectivity index (χ3v) is 4.57. The molecule has 0 unspecified atom stereocenters. The number of halogens is 3. The van der Waals surface area contributed by atoms with E-state index < -0.39 is 5.41 Å². The van der Waals surface area contributed by atoms with Gasteiger partial charge in [-0.3, -0.25) is 9.59 Å². The summed E-state index contributed by atoms with van der Waals surface area (Å²) in [4.78, 5) is 24.2. The number of rotatable bonds is 5. The van der Waals surface area contributed by atoms with Crippen molar-refractivity contribution in [2.75, 3.05) is 22.5 Å². The molecule has 2 aromatic rings. The zero-order valence-corrected chi connectivity index (χ0v) is 17.4. The molecule has 2 amide bonds. The first-order chi connectivity index (χ1) is 12.6. The minimum absolute atomic E-state index is 0.0176. The molecule has 0 heterocycles. The van der Waals surface area contributed by atoms with E-state index in [9.17, 15) is 9.59 Å². The van der Waals surface area contributed by atoms with Gasteiger partial charge in [-0.15, -0.1) is 0 Å². The lowest BCUT2D eigenvalue weighted by atomic mass is 9.95. The quantitative estimate of drug-likeness (QED) is 0.536.